The van der Waals surface area contributed by atoms with E-state index in [0.29, 0.717) is 17.8 Å². The molecule has 0 saturated carbocycles. The van der Waals surface area contributed by atoms with Gasteiger partial charge < -0.3 is 14.6 Å². The highest BCUT2D eigenvalue weighted by Crippen LogP contribution is 2.34. The molecule has 0 aromatic carbocycles. The smallest absolute Gasteiger partial charge is 0.135 e. The molecule has 0 aliphatic carbocycles. The standard InChI is InChI=1S/C12H16BrNO3/c1-8(15)9-5-10(14-11(13)6-9)12(16-2)3-4-17-7-12/h5-6,8,15H,3-4,7H2,1-2H3. The summed E-state index contributed by atoms with van der Waals surface area (Å²) in [5.74, 6) is 0. The van der Waals surface area contributed by atoms with E-state index in [1.54, 1.807) is 14.0 Å². The van der Waals surface area contributed by atoms with Crippen LogP contribution in [0, 0.1) is 0 Å². The van der Waals surface area contributed by atoms with Gasteiger partial charge in [0.25, 0.3) is 0 Å². The van der Waals surface area contributed by atoms with Crippen LogP contribution in [0.1, 0.15) is 30.7 Å². The number of methoxy groups -OCH3 is 1. The number of rotatable bonds is 3. The van der Waals surface area contributed by atoms with Crippen molar-refractivity contribution in [1.29, 1.82) is 0 Å². The van der Waals surface area contributed by atoms with Crippen molar-refractivity contribution in [1.82, 2.24) is 4.98 Å². The number of aromatic nitrogens is 1. The fourth-order valence-electron chi connectivity index (χ4n) is 2.01. The lowest BCUT2D eigenvalue weighted by Gasteiger charge is -2.26. The van der Waals surface area contributed by atoms with Crippen molar-refractivity contribution < 1.29 is 14.6 Å². The molecule has 2 rings (SSSR count). The molecule has 0 bridgehead atoms. The van der Waals surface area contributed by atoms with Crippen LogP contribution in [0.5, 0.6) is 0 Å². The van der Waals surface area contributed by atoms with Crippen LogP contribution < -0.4 is 0 Å². The summed E-state index contributed by atoms with van der Waals surface area (Å²) in [5.41, 5.74) is 1.15. The molecule has 1 aliphatic rings. The molecular weight excluding hydrogens is 286 g/mol. The van der Waals surface area contributed by atoms with Gasteiger partial charge in [0.15, 0.2) is 0 Å². The Labute approximate surface area is 109 Å². The average molecular weight is 302 g/mol. The Balaban J connectivity index is 2.43. The quantitative estimate of drug-likeness (QED) is 0.869. The molecule has 0 spiro atoms. The van der Waals surface area contributed by atoms with E-state index in [1.165, 1.54) is 0 Å². The normalized spacial score (nSPS) is 26.1. The number of hydrogen-bond acceptors (Lipinski definition) is 4. The number of halogens is 1. The lowest BCUT2D eigenvalue weighted by atomic mass is 9.96. The summed E-state index contributed by atoms with van der Waals surface area (Å²) >= 11 is 3.36. The van der Waals surface area contributed by atoms with E-state index in [1.807, 2.05) is 12.1 Å². The Morgan fingerprint density at radius 2 is 2.35 bits per heavy atom. The Kier molecular flexibility index (Phi) is 3.82. The SMILES string of the molecule is COC1(c2cc(C(C)O)cc(Br)n2)CCOC1. The first-order valence-corrected chi connectivity index (χ1v) is 6.35. The molecule has 1 aromatic heterocycles. The van der Waals surface area contributed by atoms with Crippen molar-refractivity contribution in [3.63, 3.8) is 0 Å². The van der Waals surface area contributed by atoms with Gasteiger partial charge in [0.05, 0.1) is 18.4 Å². The van der Waals surface area contributed by atoms with E-state index in [9.17, 15) is 5.11 Å². The number of ether oxygens (including phenoxy) is 2. The number of nitrogens with zero attached hydrogens (tertiary/aromatic N) is 1. The van der Waals surface area contributed by atoms with Crippen LogP contribution in [-0.2, 0) is 15.1 Å². The lowest BCUT2D eigenvalue weighted by Crippen LogP contribution is -2.30. The maximum atomic E-state index is 9.65. The van der Waals surface area contributed by atoms with E-state index in [0.717, 1.165) is 17.7 Å². The van der Waals surface area contributed by atoms with Crippen molar-refractivity contribution in [3.8, 4) is 0 Å². The highest BCUT2D eigenvalue weighted by molar-refractivity contribution is 9.10. The summed E-state index contributed by atoms with van der Waals surface area (Å²) in [4.78, 5) is 4.44. The summed E-state index contributed by atoms with van der Waals surface area (Å²) in [7, 11) is 1.67. The van der Waals surface area contributed by atoms with Gasteiger partial charge in [-0.05, 0) is 40.5 Å². The van der Waals surface area contributed by atoms with E-state index in [-0.39, 0.29) is 0 Å². The fourth-order valence-corrected chi connectivity index (χ4v) is 2.46. The van der Waals surface area contributed by atoms with Crippen LogP contribution in [0.15, 0.2) is 16.7 Å². The first kappa shape index (κ1) is 13.0. The highest BCUT2D eigenvalue weighted by atomic mass is 79.9. The largest absolute Gasteiger partial charge is 0.389 e. The maximum Gasteiger partial charge on any atom is 0.135 e. The maximum absolute atomic E-state index is 9.65. The van der Waals surface area contributed by atoms with Crippen LogP contribution in [0.25, 0.3) is 0 Å². The molecule has 1 aromatic rings. The van der Waals surface area contributed by atoms with Crippen molar-refractivity contribution in [2.75, 3.05) is 20.3 Å². The van der Waals surface area contributed by atoms with Gasteiger partial charge in [0.2, 0.25) is 0 Å². The minimum absolute atomic E-state index is 0.479. The van der Waals surface area contributed by atoms with Gasteiger partial charge in [0.1, 0.15) is 10.2 Å². The second-order valence-electron chi connectivity index (χ2n) is 4.29. The van der Waals surface area contributed by atoms with Gasteiger partial charge in [-0.15, -0.1) is 0 Å². The van der Waals surface area contributed by atoms with E-state index >= 15 is 0 Å². The molecule has 5 heteroatoms. The number of hydrogen-bond donors (Lipinski definition) is 1. The van der Waals surface area contributed by atoms with Crippen molar-refractivity contribution in [2.24, 2.45) is 0 Å². The summed E-state index contributed by atoms with van der Waals surface area (Å²) in [6.45, 7) is 2.91. The molecule has 0 amide bonds. The predicted molar refractivity (Wildman–Crippen MR) is 66.7 cm³/mol. The van der Waals surface area contributed by atoms with Gasteiger partial charge >= 0.3 is 0 Å². The van der Waals surface area contributed by atoms with Gasteiger partial charge in [-0.2, -0.15) is 0 Å². The molecular formula is C12H16BrNO3. The summed E-state index contributed by atoms with van der Waals surface area (Å²) in [6.07, 6.45) is 0.260. The molecule has 1 aliphatic heterocycles. The summed E-state index contributed by atoms with van der Waals surface area (Å²) in [6, 6.07) is 3.70. The third kappa shape index (κ3) is 2.52. The minimum atomic E-state index is -0.524. The second kappa shape index (κ2) is 5.02. The highest BCUT2D eigenvalue weighted by Gasteiger charge is 2.38. The number of aliphatic hydroxyl groups excluding tert-OH is 1. The monoisotopic (exact) mass is 301 g/mol. The zero-order valence-corrected chi connectivity index (χ0v) is 11.5. The zero-order valence-electron chi connectivity index (χ0n) is 9.94. The molecule has 17 heavy (non-hydrogen) atoms. The van der Waals surface area contributed by atoms with E-state index < -0.39 is 11.7 Å². The minimum Gasteiger partial charge on any atom is -0.389 e. The lowest BCUT2D eigenvalue weighted by molar-refractivity contribution is -0.0248. The van der Waals surface area contributed by atoms with Crippen LogP contribution in [0.4, 0.5) is 0 Å². The van der Waals surface area contributed by atoms with Crippen LogP contribution in [0.2, 0.25) is 0 Å². The third-order valence-corrected chi connectivity index (χ3v) is 3.55. The Morgan fingerprint density at radius 1 is 1.59 bits per heavy atom. The topological polar surface area (TPSA) is 51.6 Å². The predicted octanol–water partition coefficient (Wildman–Crippen LogP) is 2.16. The Hall–Kier alpha value is -0.490. The van der Waals surface area contributed by atoms with Gasteiger partial charge in [-0.3, -0.25) is 0 Å². The molecule has 2 unspecified atom stereocenters. The second-order valence-corrected chi connectivity index (χ2v) is 5.10. The molecule has 1 N–H and O–H groups in total. The Bertz CT molecular complexity index is 403. The molecule has 4 nitrogen and oxygen atoms in total. The summed E-state index contributed by atoms with van der Waals surface area (Å²) < 4.78 is 11.7. The van der Waals surface area contributed by atoms with Gasteiger partial charge in [0, 0.05) is 20.1 Å². The van der Waals surface area contributed by atoms with Gasteiger partial charge in [-0.1, -0.05) is 0 Å². The third-order valence-electron chi connectivity index (χ3n) is 3.14. The summed E-state index contributed by atoms with van der Waals surface area (Å²) in [5, 5.41) is 9.65. The average Bonchev–Trinajstić information content (AvgIpc) is 2.78. The van der Waals surface area contributed by atoms with E-state index in [4.69, 9.17) is 9.47 Å². The molecule has 94 valence electrons. The number of aliphatic hydroxyl groups is 1. The number of pyridine rings is 1. The fraction of sp³-hybridized carbons (Fsp3) is 0.583. The van der Waals surface area contributed by atoms with Crippen molar-refractivity contribution in [2.45, 2.75) is 25.0 Å². The van der Waals surface area contributed by atoms with Crippen LogP contribution in [0.3, 0.4) is 0 Å². The van der Waals surface area contributed by atoms with Crippen molar-refractivity contribution in [3.05, 3.63) is 28.0 Å². The van der Waals surface area contributed by atoms with Gasteiger partial charge in [-0.25, -0.2) is 4.98 Å². The molecule has 1 fully saturated rings. The van der Waals surface area contributed by atoms with E-state index in [2.05, 4.69) is 20.9 Å². The van der Waals surface area contributed by atoms with Crippen LogP contribution in [-0.4, -0.2) is 30.4 Å². The first-order valence-electron chi connectivity index (χ1n) is 5.56. The molecule has 0 radical (unpaired) electrons. The Morgan fingerprint density at radius 3 is 2.88 bits per heavy atom. The molecule has 1 saturated heterocycles. The van der Waals surface area contributed by atoms with Crippen LogP contribution >= 0.6 is 15.9 Å². The van der Waals surface area contributed by atoms with Crippen molar-refractivity contribution >= 4 is 15.9 Å². The molecule has 2 heterocycles. The zero-order chi connectivity index (χ0) is 12.5. The molecule has 2 atom stereocenters. The first-order chi connectivity index (χ1) is 8.07.